The largest absolute Gasteiger partial charge is 0.481 e. The number of benzene rings is 1. The smallest absolute Gasteiger partial charge is 0.304 e. The zero-order valence-corrected chi connectivity index (χ0v) is 11.6. The first-order valence-electron chi connectivity index (χ1n) is 7.38. The standard InChI is InChI=1S/C16H20FNO2/c17-12-4-5-14(18-8-2-1-3-9-18)13(10-12)16(6-7-16)11-15(19)20/h4-5,10H,1-3,6-9,11H2,(H,19,20). The molecule has 0 atom stereocenters. The van der Waals surface area contributed by atoms with Crippen LogP contribution in [0.5, 0.6) is 0 Å². The van der Waals surface area contributed by atoms with E-state index < -0.39 is 5.97 Å². The second-order valence-electron chi connectivity index (χ2n) is 6.06. The van der Waals surface area contributed by atoms with Crippen molar-refractivity contribution in [3.05, 3.63) is 29.6 Å². The van der Waals surface area contributed by atoms with Gasteiger partial charge in [-0.2, -0.15) is 0 Å². The monoisotopic (exact) mass is 277 g/mol. The van der Waals surface area contributed by atoms with Crippen molar-refractivity contribution in [2.24, 2.45) is 0 Å². The Morgan fingerprint density at radius 1 is 1.25 bits per heavy atom. The molecular weight excluding hydrogens is 257 g/mol. The molecule has 108 valence electrons. The average molecular weight is 277 g/mol. The molecule has 0 spiro atoms. The Bertz CT molecular complexity index is 519. The van der Waals surface area contributed by atoms with Crippen LogP contribution in [0.4, 0.5) is 10.1 Å². The van der Waals surface area contributed by atoms with Crippen LogP contribution in [-0.2, 0) is 10.2 Å². The average Bonchev–Trinajstić information content (AvgIpc) is 3.19. The highest BCUT2D eigenvalue weighted by Gasteiger charge is 2.48. The van der Waals surface area contributed by atoms with E-state index in [-0.39, 0.29) is 17.7 Å². The van der Waals surface area contributed by atoms with Gasteiger partial charge in [0, 0.05) is 24.2 Å². The minimum atomic E-state index is -0.795. The SMILES string of the molecule is O=C(O)CC1(c2cc(F)ccc2N2CCCCC2)CC1. The van der Waals surface area contributed by atoms with E-state index in [1.807, 2.05) is 6.07 Å². The van der Waals surface area contributed by atoms with Gasteiger partial charge >= 0.3 is 5.97 Å². The zero-order chi connectivity index (χ0) is 14.2. The molecule has 1 aliphatic heterocycles. The second kappa shape index (κ2) is 5.08. The normalized spacial score (nSPS) is 20.8. The summed E-state index contributed by atoms with van der Waals surface area (Å²) in [5.41, 5.74) is 1.62. The number of hydrogen-bond donors (Lipinski definition) is 1. The lowest BCUT2D eigenvalue weighted by atomic mass is 9.90. The fraction of sp³-hybridized carbons (Fsp3) is 0.562. The Labute approximate surface area is 118 Å². The van der Waals surface area contributed by atoms with Crippen LogP contribution >= 0.6 is 0 Å². The van der Waals surface area contributed by atoms with Crippen LogP contribution < -0.4 is 4.90 Å². The molecule has 1 aromatic carbocycles. The minimum Gasteiger partial charge on any atom is -0.481 e. The summed E-state index contributed by atoms with van der Waals surface area (Å²) in [6, 6.07) is 4.88. The molecular formula is C16H20FNO2. The summed E-state index contributed by atoms with van der Waals surface area (Å²) in [4.78, 5) is 13.4. The van der Waals surface area contributed by atoms with Gasteiger partial charge in [0.05, 0.1) is 6.42 Å². The van der Waals surface area contributed by atoms with E-state index in [1.54, 1.807) is 6.07 Å². The second-order valence-corrected chi connectivity index (χ2v) is 6.06. The molecule has 0 aromatic heterocycles. The van der Waals surface area contributed by atoms with Gasteiger partial charge in [0.2, 0.25) is 0 Å². The summed E-state index contributed by atoms with van der Waals surface area (Å²) in [6.07, 6.45) is 5.36. The molecule has 1 N–H and O–H groups in total. The first kappa shape index (κ1) is 13.4. The fourth-order valence-corrected chi connectivity index (χ4v) is 3.33. The summed E-state index contributed by atoms with van der Waals surface area (Å²) >= 11 is 0. The first-order chi connectivity index (χ1) is 9.61. The van der Waals surface area contributed by atoms with Gasteiger partial charge in [-0.25, -0.2) is 4.39 Å². The lowest BCUT2D eigenvalue weighted by Gasteiger charge is -2.32. The number of anilines is 1. The molecule has 3 rings (SSSR count). The molecule has 1 aromatic rings. The van der Waals surface area contributed by atoms with Gasteiger partial charge < -0.3 is 10.0 Å². The number of carboxylic acid groups (broad SMARTS) is 1. The molecule has 0 radical (unpaired) electrons. The van der Waals surface area contributed by atoms with E-state index in [0.717, 1.165) is 50.0 Å². The number of hydrogen-bond acceptors (Lipinski definition) is 2. The molecule has 20 heavy (non-hydrogen) atoms. The number of piperidine rings is 1. The van der Waals surface area contributed by atoms with Crippen LogP contribution in [0, 0.1) is 5.82 Å². The van der Waals surface area contributed by atoms with Gasteiger partial charge in [-0.15, -0.1) is 0 Å². The van der Waals surface area contributed by atoms with Crippen molar-refractivity contribution < 1.29 is 14.3 Å². The molecule has 1 saturated heterocycles. The van der Waals surface area contributed by atoms with Crippen molar-refractivity contribution >= 4 is 11.7 Å². The van der Waals surface area contributed by atoms with Crippen molar-refractivity contribution in [2.75, 3.05) is 18.0 Å². The van der Waals surface area contributed by atoms with E-state index in [2.05, 4.69) is 4.90 Å². The van der Waals surface area contributed by atoms with E-state index in [4.69, 9.17) is 5.11 Å². The molecule has 1 aliphatic carbocycles. The lowest BCUT2D eigenvalue weighted by molar-refractivity contribution is -0.137. The predicted octanol–water partition coefficient (Wildman–Crippen LogP) is 3.32. The Morgan fingerprint density at radius 2 is 1.95 bits per heavy atom. The van der Waals surface area contributed by atoms with Crippen LogP contribution in [0.25, 0.3) is 0 Å². The maximum Gasteiger partial charge on any atom is 0.304 e. The molecule has 2 fully saturated rings. The lowest BCUT2D eigenvalue weighted by Crippen LogP contribution is -2.31. The van der Waals surface area contributed by atoms with Crippen molar-refractivity contribution in [3.63, 3.8) is 0 Å². The van der Waals surface area contributed by atoms with Crippen LogP contribution in [0.3, 0.4) is 0 Å². The number of carboxylic acids is 1. The maximum atomic E-state index is 13.6. The summed E-state index contributed by atoms with van der Waals surface area (Å²) < 4.78 is 13.6. The summed E-state index contributed by atoms with van der Waals surface area (Å²) in [7, 11) is 0. The Hall–Kier alpha value is -1.58. The molecule has 1 heterocycles. The molecule has 0 amide bonds. The molecule has 3 nitrogen and oxygen atoms in total. The number of halogens is 1. The molecule has 2 aliphatic rings. The third-order valence-electron chi connectivity index (χ3n) is 4.57. The van der Waals surface area contributed by atoms with E-state index in [0.29, 0.717) is 0 Å². The van der Waals surface area contributed by atoms with Crippen molar-refractivity contribution in [1.82, 2.24) is 0 Å². The van der Waals surface area contributed by atoms with Crippen LogP contribution in [0.15, 0.2) is 18.2 Å². The number of aliphatic carboxylic acids is 1. The topological polar surface area (TPSA) is 40.5 Å². The predicted molar refractivity (Wildman–Crippen MR) is 75.6 cm³/mol. The summed E-state index contributed by atoms with van der Waals surface area (Å²) in [6.45, 7) is 1.98. The van der Waals surface area contributed by atoms with Crippen molar-refractivity contribution in [1.29, 1.82) is 0 Å². The number of rotatable bonds is 4. The maximum absolute atomic E-state index is 13.6. The van der Waals surface area contributed by atoms with E-state index in [1.165, 1.54) is 12.5 Å². The van der Waals surface area contributed by atoms with Crippen LogP contribution in [0.2, 0.25) is 0 Å². The van der Waals surface area contributed by atoms with E-state index >= 15 is 0 Å². The Kier molecular flexibility index (Phi) is 3.40. The summed E-state index contributed by atoms with van der Waals surface area (Å²) in [5.74, 6) is -1.06. The minimum absolute atomic E-state index is 0.108. The first-order valence-corrected chi connectivity index (χ1v) is 7.38. The zero-order valence-electron chi connectivity index (χ0n) is 11.6. The van der Waals surface area contributed by atoms with Gasteiger partial charge in [-0.1, -0.05) is 0 Å². The van der Waals surface area contributed by atoms with Gasteiger partial charge in [-0.3, -0.25) is 4.79 Å². The van der Waals surface area contributed by atoms with E-state index in [9.17, 15) is 9.18 Å². The van der Waals surface area contributed by atoms with Crippen molar-refractivity contribution in [3.8, 4) is 0 Å². The van der Waals surface area contributed by atoms with Crippen LogP contribution in [0.1, 0.15) is 44.1 Å². The fourth-order valence-electron chi connectivity index (χ4n) is 3.33. The quantitative estimate of drug-likeness (QED) is 0.917. The highest BCUT2D eigenvalue weighted by molar-refractivity contribution is 5.72. The third kappa shape index (κ3) is 2.51. The third-order valence-corrected chi connectivity index (χ3v) is 4.57. The summed E-state index contributed by atoms with van der Waals surface area (Å²) in [5, 5.41) is 9.11. The highest BCUT2D eigenvalue weighted by Crippen LogP contribution is 2.54. The molecule has 0 unspecified atom stereocenters. The number of nitrogens with zero attached hydrogens (tertiary/aromatic N) is 1. The van der Waals surface area contributed by atoms with Gasteiger partial charge in [0.15, 0.2) is 0 Å². The highest BCUT2D eigenvalue weighted by atomic mass is 19.1. The molecule has 4 heteroatoms. The van der Waals surface area contributed by atoms with Gasteiger partial charge in [-0.05, 0) is 55.9 Å². The Morgan fingerprint density at radius 3 is 2.55 bits per heavy atom. The van der Waals surface area contributed by atoms with Gasteiger partial charge in [0.1, 0.15) is 5.82 Å². The molecule has 1 saturated carbocycles. The van der Waals surface area contributed by atoms with Crippen molar-refractivity contribution in [2.45, 2.75) is 43.9 Å². The van der Waals surface area contributed by atoms with Gasteiger partial charge in [0.25, 0.3) is 0 Å². The number of carbonyl (C=O) groups is 1. The molecule has 0 bridgehead atoms. The Balaban J connectivity index is 1.96. The van der Waals surface area contributed by atoms with Crippen LogP contribution in [-0.4, -0.2) is 24.2 Å².